The molecule has 124 valence electrons. The molecule has 8 nitrogen and oxygen atoms in total. The van der Waals surface area contributed by atoms with Crippen LogP contribution in [0.2, 0.25) is 0 Å². The molecular weight excluding hydrogens is 322 g/mol. The fourth-order valence-electron chi connectivity index (χ4n) is 1.43. The van der Waals surface area contributed by atoms with Crippen molar-refractivity contribution in [1.82, 2.24) is 9.62 Å². The minimum Gasteiger partial charge on any atom is -0.452 e. The predicted octanol–water partition coefficient (Wildman–Crippen LogP) is 0.124. The molecule has 0 fully saturated rings. The van der Waals surface area contributed by atoms with Gasteiger partial charge in [0.25, 0.3) is 5.91 Å². The zero-order chi connectivity index (χ0) is 17.5. The van der Waals surface area contributed by atoms with Crippen molar-refractivity contribution >= 4 is 21.9 Å². The van der Waals surface area contributed by atoms with E-state index in [-0.39, 0.29) is 35.9 Å². The summed E-state index contributed by atoms with van der Waals surface area (Å²) < 4.78 is 30.9. The summed E-state index contributed by atoms with van der Waals surface area (Å²) >= 11 is 0. The number of nitrogens with zero attached hydrogens (tertiary/aromatic N) is 2. The number of ether oxygens (including phenoxy) is 1. The summed E-state index contributed by atoms with van der Waals surface area (Å²) in [6, 6.07) is 6.91. The van der Waals surface area contributed by atoms with Gasteiger partial charge < -0.3 is 9.64 Å². The lowest BCUT2D eigenvalue weighted by atomic mass is 10.2. The van der Waals surface area contributed by atoms with Gasteiger partial charge in [-0.2, -0.15) is 5.26 Å². The van der Waals surface area contributed by atoms with Gasteiger partial charge in [-0.15, -0.1) is 0 Å². The molecule has 0 unspecified atom stereocenters. The highest BCUT2D eigenvalue weighted by Crippen LogP contribution is 2.11. The van der Waals surface area contributed by atoms with E-state index >= 15 is 0 Å². The monoisotopic (exact) mass is 339 g/mol. The molecule has 0 radical (unpaired) electrons. The molecule has 0 saturated heterocycles. The Morgan fingerprint density at radius 3 is 2.39 bits per heavy atom. The van der Waals surface area contributed by atoms with E-state index in [1.54, 1.807) is 0 Å². The second-order valence-electron chi connectivity index (χ2n) is 4.69. The number of nitriles is 1. The lowest BCUT2D eigenvalue weighted by molar-refractivity contribution is -0.131. The molecule has 1 aromatic rings. The van der Waals surface area contributed by atoms with Crippen LogP contribution in [0.5, 0.6) is 0 Å². The zero-order valence-electron chi connectivity index (χ0n) is 12.8. The first-order chi connectivity index (χ1) is 10.8. The van der Waals surface area contributed by atoms with Gasteiger partial charge in [0.15, 0.2) is 6.61 Å². The summed E-state index contributed by atoms with van der Waals surface area (Å²) in [5.74, 6) is -1.08. The lowest BCUT2D eigenvalue weighted by Crippen LogP contribution is -2.27. The number of benzene rings is 1. The van der Waals surface area contributed by atoms with E-state index in [4.69, 9.17) is 10.00 Å². The standard InChI is InChI=1S/C14H17N3O5S/c1-17(2)13(18)10-22-14(19)11-4-6-12(7-5-11)23(20,21)16-9-3-8-15/h4-7,16H,3,9-10H2,1-2H3. The molecule has 0 bridgehead atoms. The van der Waals surface area contributed by atoms with Crippen LogP contribution < -0.4 is 4.72 Å². The van der Waals surface area contributed by atoms with Crippen molar-refractivity contribution in [2.24, 2.45) is 0 Å². The van der Waals surface area contributed by atoms with Crippen LogP contribution in [0.3, 0.4) is 0 Å². The highest BCUT2D eigenvalue weighted by Gasteiger charge is 2.15. The first kappa shape index (κ1) is 18.6. The van der Waals surface area contributed by atoms with Crippen LogP contribution in [0.15, 0.2) is 29.2 Å². The van der Waals surface area contributed by atoms with Crippen LogP contribution in [0.25, 0.3) is 0 Å². The quantitative estimate of drug-likeness (QED) is 0.557. The smallest absolute Gasteiger partial charge is 0.338 e. The number of rotatable bonds is 7. The first-order valence-corrected chi connectivity index (χ1v) is 8.10. The fraction of sp³-hybridized carbons (Fsp3) is 0.357. The number of carbonyl (C=O) groups is 2. The summed E-state index contributed by atoms with van der Waals surface area (Å²) in [7, 11) is -0.652. The summed E-state index contributed by atoms with van der Waals surface area (Å²) in [5, 5.41) is 8.39. The SMILES string of the molecule is CN(C)C(=O)COC(=O)c1ccc(S(=O)(=O)NCCC#N)cc1. The maximum absolute atomic E-state index is 11.9. The topological polar surface area (TPSA) is 117 Å². The molecular formula is C14H17N3O5S. The van der Waals surface area contributed by atoms with Crippen molar-refractivity contribution in [3.8, 4) is 6.07 Å². The molecule has 0 heterocycles. The Morgan fingerprint density at radius 1 is 1.26 bits per heavy atom. The van der Waals surface area contributed by atoms with Crippen LogP contribution in [-0.2, 0) is 19.6 Å². The normalized spacial score (nSPS) is 10.7. The number of hydrogen-bond donors (Lipinski definition) is 1. The Balaban J connectivity index is 2.71. The molecule has 1 amide bonds. The Kier molecular flexibility index (Phi) is 6.68. The van der Waals surface area contributed by atoms with Gasteiger partial charge in [0.1, 0.15) is 0 Å². The Morgan fingerprint density at radius 2 is 1.87 bits per heavy atom. The van der Waals surface area contributed by atoms with Crippen LogP contribution in [0, 0.1) is 11.3 Å². The molecule has 9 heteroatoms. The van der Waals surface area contributed by atoms with E-state index in [0.717, 1.165) is 0 Å². The minimum atomic E-state index is -3.73. The van der Waals surface area contributed by atoms with Crippen LogP contribution in [-0.4, -0.2) is 52.4 Å². The molecule has 0 atom stereocenters. The van der Waals surface area contributed by atoms with E-state index in [1.807, 2.05) is 6.07 Å². The van der Waals surface area contributed by atoms with Crippen LogP contribution in [0.1, 0.15) is 16.8 Å². The van der Waals surface area contributed by atoms with Gasteiger partial charge in [-0.05, 0) is 24.3 Å². The van der Waals surface area contributed by atoms with E-state index in [1.165, 1.54) is 43.3 Å². The first-order valence-electron chi connectivity index (χ1n) is 6.62. The predicted molar refractivity (Wildman–Crippen MR) is 80.8 cm³/mol. The molecule has 1 aromatic carbocycles. The Labute approximate surface area is 134 Å². The summed E-state index contributed by atoms with van der Waals surface area (Å²) in [6.45, 7) is -0.378. The maximum Gasteiger partial charge on any atom is 0.338 e. The molecule has 0 aliphatic rings. The number of nitrogens with one attached hydrogen (secondary N) is 1. The van der Waals surface area contributed by atoms with Gasteiger partial charge >= 0.3 is 5.97 Å². The number of esters is 1. The Bertz CT molecular complexity index is 705. The van der Waals surface area contributed by atoms with E-state index in [2.05, 4.69) is 4.72 Å². The van der Waals surface area contributed by atoms with Crippen molar-refractivity contribution in [1.29, 1.82) is 5.26 Å². The molecule has 0 aliphatic heterocycles. The molecule has 0 aliphatic carbocycles. The molecule has 23 heavy (non-hydrogen) atoms. The van der Waals surface area contributed by atoms with Crippen molar-refractivity contribution in [2.45, 2.75) is 11.3 Å². The second-order valence-corrected chi connectivity index (χ2v) is 6.46. The minimum absolute atomic E-state index is 0.00920. The lowest BCUT2D eigenvalue weighted by Gasteiger charge is -2.10. The number of carbonyl (C=O) groups excluding carboxylic acids is 2. The van der Waals surface area contributed by atoms with Gasteiger partial charge in [-0.3, -0.25) is 4.79 Å². The zero-order valence-corrected chi connectivity index (χ0v) is 13.6. The third-order valence-corrected chi connectivity index (χ3v) is 4.23. The van der Waals surface area contributed by atoms with E-state index < -0.39 is 16.0 Å². The molecule has 0 saturated carbocycles. The molecule has 1 N–H and O–H groups in total. The van der Waals surface area contributed by atoms with Crippen molar-refractivity contribution in [2.75, 3.05) is 27.2 Å². The number of amides is 1. The summed E-state index contributed by atoms with van der Waals surface area (Å²) in [6.07, 6.45) is 0.0591. The van der Waals surface area contributed by atoms with Gasteiger partial charge in [-0.25, -0.2) is 17.9 Å². The van der Waals surface area contributed by atoms with E-state index in [9.17, 15) is 18.0 Å². The average molecular weight is 339 g/mol. The number of hydrogen-bond acceptors (Lipinski definition) is 6. The molecule has 0 aromatic heterocycles. The van der Waals surface area contributed by atoms with Gasteiger partial charge in [0, 0.05) is 27.1 Å². The van der Waals surface area contributed by atoms with Crippen molar-refractivity contribution in [3.05, 3.63) is 29.8 Å². The van der Waals surface area contributed by atoms with Gasteiger partial charge in [-0.1, -0.05) is 0 Å². The third kappa shape index (κ3) is 5.69. The highest BCUT2D eigenvalue weighted by molar-refractivity contribution is 7.89. The summed E-state index contributed by atoms with van der Waals surface area (Å²) in [5.41, 5.74) is 0.132. The van der Waals surface area contributed by atoms with Gasteiger partial charge in [0.05, 0.1) is 16.5 Å². The average Bonchev–Trinajstić information content (AvgIpc) is 2.52. The fourth-order valence-corrected chi connectivity index (χ4v) is 2.47. The third-order valence-electron chi connectivity index (χ3n) is 2.75. The van der Waals surface area contributed by atoms with E-state index in [0.29, 0.717) is 0 Å². The molecule has 0 spiro atoms. The summed E-state index contributed by atoms with van der Waals surface area (Å²) in [4.78, 5) is 24.3. The highest BCUT2D eigenvalue weighted by atomic mass is 32.2. The second kappa shape index (κ2) is 8.26. The van der Waals surface area contributed by atoms with Crippen molar-refractivity contribution < 1.29 is 22.7 Å². The maximum atomic E-state index is 11.9. The van der Waals surface area contributed by atoms with Crippen molar-refractivity contribution in [3.63, 3.8) is 0 Å². The Hall–Kier alpha value is -2.44. The van der Waals surface area contributed by atoms with Crippen LogP contribution in [0.4, 0.5) is 0 Å². The number of sulfonamides is 1. The largest absolute Gasteiger partial charge is 0.452 e. The number of likely N-dealkylation sites (N-methyl/N-ethyl adjacent to an activating group) is 1. The van der Waals surface area contributed by atoms with Gasteiger partial charge in [0.2, 0.25) is 10.0 Å². The molecule has 1 rings (SSSR count). The van der Waals surface area contributed by atoms with Crippen LogP contribution >= 0.6 is 0 Å².